The van der Waals surface area contributed by atoms with E-state index in [0.29, 0.717) is 0 Å². The minimum atomic E-state index is 0.988. The summed E-state index contributed by atoms with van der Waals surface area (Å²) in [6.45, 7) is 4.73. The molecule has 0 aromatic heterocycles. The molecule has 0 amide bonds. The molecule has 0 radical (unpaired) electrons. The maximum atomic E-state index is 3.74. The van der Waals surface area contributed by atoms with Gasteiger partial charge in [0.05, 0.1) is 0 Å². The Hall–Kier alpha value is -1.08. The molecule has 12 heavy (non-hydrogen) atoms. The van der Waals surface area contributed by atoms with Gasteiger partial charge in [-0.25, -0.2) is 0 Å². The Kier molecular flexibility index (Phi) is 3.06. The van der Waals surface area contributed by atoms with Gasteiger partial charge >= 0.3 is 0 Å². The number of nitrogens with zero attached hydrogens (tertiary/aromatic N) is 1. The third-order valence-corrected chi connectivity index (χ3v) is 1.69. The molecule has 0 heterocycles. The molecular weight excluding hydrogens is 146 g/mol. The van der Waals surface area contributed by atoms with Crippen molar-refractivity contribution < 1.29 is 0 Å². The van der Waals surface area contributed by atoms with Gasteiger partial charge in [-0.1, -0.05) is 36.9 Å². The van der Waals surface area contributed by atoms with Gasteiger partial charge in [0.15, 0.2) is 0 Å². The molecule has 0 aliphatic rings. The van der Waals surface area contributed by atoms with E-state index in [9.17, 15) is 0 Å². The zero-order valence-corrected chi connectivity index (χ0v) is 7.75. The van der Waals surface area contributed by atoms with Crippen molar-refractivity contribution in [3.05, 3.63) is 42.0 Å². The highest BCUT2D eigenvalue weighted by molar-refractivity contribution is 5.47. The van der Waals surface area contributed by atoms with Gasteiger partial charge in [0.1, 0.15) is 0 Å². The summed E-state index contributed by atoms with van der Waals surface area (Å²) in [5.41, 5.74) is 2.52. The van der Waals surface area contributed by atoms with Crippen molar-refractivity contribution in [2.75, 3.05) is 14.1 Å². The summed E-state index contributed by atoms with van der Waals surface area (Å²) in [4.78, 5) is 2.15. The highest BCUT2D eigenvalue weighted by atomic mass is 15.0. The minimum Gasteiger partial charge on any atom is -0.305 e. The lowest BCUT2D eigenvalue weighted by molar-refractivity contribution is 0.402. The summed E-state index contributed by atoms with van der Waals surface area (Å²) in [5.74, 6) is 0. The van der Waals surface area contributed by atoms with Gasteiger partial charge in [-0.15, -0.1) is 0 Å². The van der Waals surface area contributed by atoms with E-state index in [1.54, 1.807) is 0 Å². The molecule has 0 saturated heterocycles. The first-order valence-corrected chi connectivity index (χ1v) is 4.08. The molecule has 0 saturated carbocycles. The third-order valence-electron chi connectivity index (χ3n) is 1.69. The first kappa shape index (κ1) is 9.01. The van der Waals surface area contributed by atoms with Crippen LogP contribution >= 0.6 is 0 Å². The van der Waals surface area contributed by atoms with Gasteiger partial charge in [-0.2, -0.15) is 0 Å². The molecule has 0 atom stereocenters. The molecular formula is C11H15N. The van der Waals surface area contributed by atoms with E-state index in [-0.39, 0.29) is 0 Å². The third kappa shape index (κ3) is 2.51. The number of hydrogen-bond acceptors (Lipinski definition) is 1. The van der Waals surface area contributed by atoms with Crippen molar-refractivity contribution in [1.29, 1.82) is 0 Å². The van der Waals surface area contributed by atoms with E-state index in [1.165, 1.54) is 11.1 Å². The topological polar surface area (TPSA) is 3.24 Å². The largest absolute Gasteiger partial charge is 0.305 e. The highest BCUT2D eigenvalue weighted by Gasteiger charge is 1.94. The molecule has 0 aliphatic heterocycles. The first-order valence-electron chi connectivity index (χ1n) is 4.08. The molecule has 0 aliphatic carbocycles. The van der Waals surface area contributed by atoms with E-state index in [4.69, 9.17) is 0 Å². The minimum absolute atomic E-state index is 0.988. The zero-order valence-electron chi connectivity index (χ0n) is 7.75. The lowest BCUT2D eigenvalue weighted by Crippen LogP contribution is -2.10. The molecule has 0 bridgehead atoms. The predicted octanol–water partition coefficient (Wildman–Crippen LogP) is 2.39. The van der Waals surface area contributed by atoms with E-state index < -0.39 is 0 Å². The fraction of sp³-hybridized carbons (Fsp3) is 0.273. The molecule has 1 rings (SSSR count). The lowest BCUT2D eigenvalue weighted by Gasteiger charge is -2.09. The number of benzene rings is 1. The summed E-state index contributed by atoms with van der Waals surface area (Å²) in [7, 11) is 4.14. The highest BCUT2D eigenvalue weighted by Crippen LogP contribution is 2.07. The van der Waals surface area contributed by atoms with Gasteiger partial charge < -0.3 is 4.90 Å². The molecule has 1 aromatic rings. The molecule has 0 fully saturated rings. The summed E-state index contributed by atoms with van der Waals surface area (Å²) in [6.07, 6.45) is 1.87. The molecule has 1 aromatic carbocycles. The maximum absolute atomic E-state index is 3.74. The van der Waals surface area contributed by atoms with Gasteiger partial charge in [0, 0.05) is 6.54 Å². The SMILES string of the molecule is C=Cc1cccc(CN(C)C)c1. The van der Waals surface area contributed by atoms with E-state index in [1.807, 2.05) is 6.08 Å². The molecule has 0 N–H and O–H groups in total. The Labute approximate surface area is 74.3 Å². The van der Waals surface area contributed by atoms with Crippen molar-refractivity contribution in [3.8, 4) is 0 Å². The van der Waals surface area contributed by atoms with Gasteiger partial charge in [0.2, 0.25) is 0 Å². The Balaban J connectivity index is 2.79. The van der Waals surface area contributed by atoms with Crippen molar-refractivity contribution in [1.82, 2.24) is 4.90 Å². The second-order valence-electron chi connectivity index (χ2n) is 3.19. The molecule has 1 nitrogen and oxygen atoms in total. The van der Waals surface area contributed by atoms with Crippen LogP contribution in [0.25, 0.3) is 6.08 Å². The van der Waals surface area contributed by atoms with Crippen LogP contribution in [0.1, 0.15) is 11.1 Å². The van der Waals surface area contributed by atoms with Gasteiger partial charge in [0.25, 0.3) is 0 Å². The van der Waals surface area contributed by atoms with Crippen LogP contribution in [-0.2, 0) is 6.54 Å². The zero-order chi connectivity index (χ0) is 8.97. The second kappa shape index (κ2) is 4.07. The predicted molar refractivity (Wildman–Crippen MR) is 53.9 cm³/mol. The quantitative estimate of drug-likeness (QED) is 0.658. The molecule has 64 valence electrons. The van der Waals surface area contributed by atoms with Crippen LogP contribution in [0.4, 0.5) is 0 Å². The molecule has 0 spiro atoms. The molecule has 0 unspecified atom stereocenters. The number of hydrogen-bond donors (Lipinski definition) is 0. The second-order valence-corrected chi connectivity index (χ2v) is 3.19. The average Bonchev–Trinajstić information content (AvgIpc) is 2.03. The lowest BCUT2D eigenvalue weighted by atomic mass is 10.1. The van der Waals surface area contributed by atoms with E-state index >= 15 is 0 Å². The Morgan fingerprint density at radius 2 is 2.17 bits per heavy atom. The monoisotopic (exact) mass is 161 g/mol. The van der Waals surface area contributed by atoms with Crippen LogP contribution < -0.4 is 0 Å². The van der Waals surface area contributed by atoms with Crippen molar-refractivity contribution in [2.45, 2.75) is 6.54 Å². The maximum Gasteiger partial charge on any atom is 0.0227 e. The van der Waals surface area contributed by atoms with E-state index in [2.05, 4.69) is 49.8 Å². The van der Waals surface area contributed by atoms with Crippen molar-refractivity contribution >= 4 is 6.08 Å². The Bertz CT molecular complexity index is 263. The summed E-state index contributed by atoms with van der Waals surface area (Å²) < 4.78 is 0. The van der Waals surface area contributed by atoms with Crippen LogP contribution in [0.5, 0.6) is 0 Å². The Morgan fingerprint density at radius 1 is 1.42 bits per heavy atom. The summed E-state index contributed by atoms with van der Waals surface area (Å²) in [5, 5.41) is 0. The van der Waals surface area contributed by atoms with Crippen LogP contribution in [0.2, 0.25) is 0 Å². The van der Waals surface area contributed by atoms with Crippen LogP contribution in [0.3, 0.4) is 0 Å². The average molecular weight is 161 g/mol. The van der Waals surface area contributed by atoms with Gasteiger partial charge in [-0.05, 0) is 25.2 Å². The van der Waals surface area contributed by atoms with Crippen LogP contribution in [0.15, 0.2) is 30.8 Å². The van der Waals surface area contributed by atoms with E-state index in [0.717, 1.165) is 6.54 Å². The van der Waals surface area contributed by atoms with Crippen molar-refractivity contribution in [3.63, 3.8) is 0 Å². The van der Waals surface area contributed by atoms with Crippen molar-refractivity contribution in [2.24, 2.45) is 0 Å². The summed E-state index contributed by atoms with van der Waals surface area (Å²) in [6, 6.07) is 8.42. The Morgan fingerprint density at radius 3 is 2.75 bits per heavy atom. The standard InChI is InChI=1S/C11H15N/c1-4-10-6-5-7-11(8-10)9-12(2)3/h4-8H,1,9H2,2-3H3. The van der Waals surface area contributed by atoms with Crippen LogP contribution in [-0.4, -0.2) is 19.0 Å². The fourth-order valence-corrected chi connectivity index (χ4v) is 1.18. The van der Waals surface area contributed by atoms with Crippen LogP contribution in [0, 0.1) is 0 Å². The first-order chi connectivity index (χ1) is 5.72. The number of rotatable bonds is 3. The van der Waals surface area contributed by atoms with Gasteiger partial charge in [-0.3, -0.25) is 0 Å². The smallest absolute Gasteiger partial charge is 0.0227 e. The fourth-order valence-electron chi connectivity index (χ4n) is 1.18. The molecule has 1 heteroatoms. The summed E-state index contributed by atoms with van der Waals surface area (Å²) >= 11 is 0. The normalized spacial score (nSPS) is 10.2.